The Labute approximate surface area is 113 Å². The average Bonchev–Trinajstić information content (AvgIpc) is 2.45. The lowest BCUT2D eigenvalue weighted by atomic mass is 10.1. The van der Waals surface area contributed by atoms with E-state index < -0.39 is 0 Å². The van der Waals surface area contributed by atoms with Crippen molar-refractivity contribution < 1.29 is 9.53 Å². The van der Waals surface area contributed by atoms with Crippen LogP contribution in [-0.4, -0.2) is 12.9 Å². The minimum absolute atomic E-state index is 0.0764. The number of hydrogen-bond donors (Lipinski definition) is 0. The second kappa shape index (κ2) is 6.01. The molecule has 2 rings (SSSR count). The lowest BCUT2D eigenvalue weighted by Crippen LogP contribution is -1.91. The highest BCUT2D eigenvalue weighted by molar-refractivity contribution is 5.94. The molecule has 0 atom stereocenters. The van der Waals surface area contributed by atoms with Crippen LogP contribution < -0.4 is 4.74 Å². The fraction of sp³-hybridized carbons (Fsp3) is 0.118. The summed E-state index contributed by atoms with van der Waals surface area (Å²) in [5.41, 5.74) is 2.74. The summed E-state index contributed by atoms with van der Waals surface area (Å²) in [4.78, 5) is 11.3. The van der Waals surface area contributed by atoms with Crippen molar-refractivity contribution in [3.8, 4) is 5.75 Å². The highest BCUT2D eigenvalue weighted by Gasteiger charge is 1.99. The van der Waals surface area contributed by atoms with Gasteiger partial charge in [-0.25, -0.2) is 0 Å². The van der Waals surface area contributed by atoms with Crippen molar-refractivity contribution in [3.63, 3.8) is 0 Å². The van der Waals surface area contributed by atoms with E-state index in [1.807, 2.05) is 60.7 Å². The van der Waals surface area contributed by atoms with E-state index in [9.17, 15) is 4.79 Å². The topological polar surface area (TPSA) is 26.3 Å². The van der Waals surface area contributed by atoms with Crippen molar-refractivity contribution in [2.24, 2.45) is 0 Å². The Morgan fingerprint density at radius 3 is 2.58 bits per heavy atom. The summed E-state index contributed by atoms with van der Waals surface area (Å²) < 4.78 is 5.29. The predicted octanol–water partition coefficient (Wildman–Crippen LogP) is 4.07. The van der Waals surface area contributed by atoms with Gasteiger partial charge in [0, 0.05) is 11.1 Å². The molecule has 0 aromatic heterocycles. The molecule has 0 aliphatic rings. The van der Waals surface area contributed by atoms with Gasteiger partial charge < -0.3 is 4.74 Å². The third-order valence-electron chi connectivity index (χ3n) is 2.89. The number of methoxy groups -OCH3 is 1. The van der Waals surface area contributed by atoms with Gasteiger partial charge in [0.25, 0.3) is 0 Å². The lowest BCUT2D eigenvalue weighted by molar-refractivity contribution is 0.101. The summed E-state index contributed by atoms with van der Waals surface area (Å²) in [6, 6.07) is 15.4. The molecule has 19 heavy (non-hydrogen) atoms. The number of Topliss-reactive ketones (excluding diaryl/α,β-unsaturated/α-hetero) is 1. The van der Waals surface area contributed by atoms with Gasteiger partial charge in [-0.2, -0.15) is 0 Å². The van der Waals surface area contributed by atoms with Gasteiger partial charge in [-0.1, -0.05) is 48.6 Å². The number of ether oxygens (including phenoxy) is 1. The molecule has 0 heterocycles. The molecule has 2 heteroatoms. The first kappa shape index (κ1) is 13.1. The monoisotopic (exact) mass is 252 g/mol. The van der Waals surface area contributed by atoms with E-state index in [0.29, 0.717) is 0 Å². The number of carbonyl (C=O) groups excluding carboxylic acids is 1. The fourth-order valence-electron chi connectivity index (χ4n) is 1.85. The van der Waals surface area contributed by atoms with Gasteiger partial charge in [-0.15, -0.1) is 0 Å². The van der Waals surface area contributed by atoms with Gasteiger partial charge in [0.2, 0.25) is 0 Å². The molecule has 2 aromatic rings. The van der Waals surface area contributed by atoms with E-state index in [0.717, 1.165) is 22.4 Å². The number of carbonyl (C=O) groups is 1. The van der Waals surface area contributed by atoms with Crippen molar-refractivity contribution in [1.82, 2.24) is 0 Å². The Hall–Kier alpha value is -2.35. The minimum atomic E-state index is 0.0764. The molecule has 2 aromatic carbocycles. The van der Waals surface area contributed by atoms with Crippen LogP contribution in [0, 0.1) is 0 Å². The highest BCUT2D eigenvalue weighted by atomic mass is 16.5. The van der Waals surface area contributed by atoms with Gasteiger partial charge in [-0.3, -0.25) is 4.79 Å². The van der Waals surface area contributed by atoms with Crippen LogP contribution >= 0.6 is 0 Å². The van der Waals surface area contributed by atoms with E-state index in [4.69, 9.17) is 4.74 Å². The van der Waals surface area contributed by atoms with Crippen LogP contribution in [0.15, 0.2) is 48.5 Å². The summed E-state index contributed by atoms with van der Waals surface area (Å²) in [5.74, 6) is 0.911. The van der Waals surface area contributed by atoms with Crippen molar-refractivity contribution >= 4 is 17.9 Å². The third-order valence-corrected chi connectivity index (χ3v) is 2.89. The molecule has 0 saturated heterocycles. The van der Waals surface area contributed by atoms with E-state index in [2.05, 4.69) is 0 Å². The van der Waals surface area contributed by atoms with Crippen LogP contribution in [0.3, 0.4) is 0 Å². The van der Waals surface area contributed by atoms with E-state index in [-0.39, 0.29) is 5.78 Å². The lowest BCUT2D eigenvalue weighted by Gasteiger charge is -2.03. The fourth-order valence-corrected chi connectivity index (χ4v) is 1.85. The normalized spacial score (nSPS) is 10.6. The summed E-state index contributed by atoms with van der Waals surface area (Å²) in [6.07, 6.45) is 3.96. The number of rotatable bonds is 4. The summed E-state index contributed by atoms with van der Waals surface area (Å²) in [7, 11) is 1.66. The van der Waals surface area contributed by atoms with Crippen LogP contribution in [0.2, 0.25) is 0 Å². The van der Waals surface area contributed by atoms with Crippen LogP contribution in [0.1, 0.15) is 28.4 Å². The quantitative estimate of drug-likeness (QED) is 0.605. The first-order chi connectivity index (χ1) is 9.20. The molecule has 0 unspecified atom stereocenters. The molecule has 2 nitrogen and oxygen atoms in total. The standard InChI is InChI=1S/C17H16O2/c1-13(18)16-8-5-6-14(12-16)10-11-15-7-3-4-9-17(15)19-2/h3-12H,1-2H3. The Morgan fingerprint density at radius 2 is 1.84 bits per heavy atom. The number of benzene rings is 2. The van der Waals surface area contributed by atoms with Gasteiger partial charge in [0.1, 0.15) is 5.75 Å². The second-order valence-electron chi connectivity index (χ2n) is 4.26. The number of hydrogen-bond acceptors (Lipinski definition) is 2. The molecule has 0 fully saturated rings. The zero-order valence-corrected chi connectivity index (χ0v) is 11.1. The second-order valence-corrected chi connectivity index (χ2v) is 4.26. The van der Waals surface area contributed by atoms with Crippen molar-refractivity contribution in [1.29, 1.82) is 0 Å². The number of para-hydroxylation sites is 1. The van der Waals surface area contributed by atoms with E-state index >= 15 is 0 Å². The molecule has 0 radical (unpaired) electrons. The maximum absolute atomic E-state index is 11.3. The van der Waals surface area contributed by atoms with Gasteiger partial charge in [0.15, 0.2) is 5.78 Å². The summed E-state index contributed by atoms with van der Waals surface area (Å²) in [6.45, 7) is 1.57. The zero-order valence-electron chi connectivity index (χ0n) is 11.1. The Bertz CT molecular complexity index is 612. The molecule has 96 valence electrons. The first-order valence-electron chi connectivity index (χ1n) is 6.13. The molecule has 0 N–H and O–H groups in total. The smallest absolute Gasteiger partial charge is 0.159 e. The largest absolute Gasteiger partial charge is 0.496 e. The number of ketones is 1. The van der Waals surface area contributed by atoms with Crippen LogP contribution in [-0.2, 0) is 0 Å². The van der Waals surface area contributed by atoms with Crippen molar-refractivity contribution in [3.05, 3.63) is 65.2 Å². The SMILES string of the molecule is COc1ccccc1C=Cc1cccc(C(C)=O)c1. The Balaban J connectivity index is 2.27. The third kappa shape index (κ3) is 3.32. The van der Waals surface area contributed by atoms with Crippen molar-refractivity contribution in [2.45, 2.75) is 6.92 Å². The molecule has 0 aliphatic heterocycles. The van der Waals surface area contributed by atoms with E-state index in [1.165, 1.54) is 0 Å². The Morgan fingerprint density at radius 1 is 1.05 bits per heavy atom. The molecule has 0 amide bonds. The molecule has 0 saturated carbocycles. The molecule has 0 spiro atoms. The van der Waals surface area contributed by atoms with Crippen LogP contribution in [0.4, 0.5) is 0 Å². The van der Waals surface area contributed by atoms with Crippen molar-refractivity contribution in [2.75, 3.05) is 7.11 Å². The zero-order chi connectivity index (χ0) is 13.7. The molecule has 0 bridgehead atoms. The predicted molar refractivity (Wildman–Crippen MR) is 78.4 cm³/mol. The van der Waals surface area contributed by atoms with Gasteiger partial charge >= 0.3 is 0 Å². The molecular formula is C17H16O2. The van der Waals surface area contributed by atoms with Gasteiger partial charge in [0.05, 0.1) is 7.11 Å². The van der Waals surface area contributed by atoms with Crippen LogP contribution in [0.5, 0.6) is 5.75 Å². The first-order valence-corrected chi connectivity index (χ1v) is 6.13. The average molecular weight is 252 g/mol. The van der Waals surface area contributed by atoms with E-state index in [1.54, 1.807) is 14.0 Å². The highest BCUT2D eigenvalue weighted by Crippen LogP contribution is 2.20. The van der Waals surface area contributed by atoms with Gasteiger partial charge in [-0.05, 0) is 24.6 Å². The minimum Gasteiger partial charge on any atom is -0.496 e. The maximum atomic E-state index is 11.3. The summed E-state index contributed by atoms with van der Waals surface area (Å²) in [5, 5.41) is 0. The Kier molecular flexibility index (Phi) is 4.14. The molecule has 0 aliphatic carbocycles. The van der Waals surface area contributed by atoms with Crippen LogP contribution in [0.25, 0.3) is 12.2 Å². The summed E-state index contributed by atoms with van der Waals surface area (Å²) >= 11 is 0. The molecular weight excluding hydrogens is 236 g/mol. The maximum Gasteiger partial charge on any atom is 0.159 e.